The Balaban J connectivity index is 1.95. The molecule has 0 aliphatic carbocycles. The summed E-state index contributed by atoms with van der Waals surface area (Å²) in [4.78, 5) is 12.6. The second-order valence-corrected chi connectivity index (χ2v) is 6.72. The number of hydrogen-bond donors (Lipinski definition) is 2. The fourth-order valence-electron chi connectivity index (χ4n) is 2.73. The summed E-state index contributed by atoms with van der Waals surface area (Å²) < 4.78 is 6.41. The number of carbonyl (C=O) groups excluding carboxylic acids is 1. The molecular formula is C16H23BrN2O2. The molecule has 2 rings (SSSR count). The first-order valence-electron chi connectivity index (χ1n) is 7.39. The van der Waals surface area contributed by atoms with E-state index < -0.39 is 5.41 Å². The van der Waals surface area contributed by atoms with Crippen LogP contribution in [-0.4, -0.2) is 31.7 Å². The van der Waals surface area contributed by atoms with Gasteiger partial charge in [0.15, 0.2) is 0 Å². The van der Waals surface area contributed by atoms with Crippen molar-refractivity contribution in [3.8, 4) is 0 Å². The number of halogens is 1. The first-order valence-corrected chi connectivity index (χ1v) is 8.18. The number of nitrogens with two attached hydrogens (primary N) is 1. The second-order valence-electron chi connectivity index (χ2n) is 5.81. The normalized spacial score (nSPS) is 19.0. The Labute approximate surface area is 134 Å². The van der Waals surface area contributed by atoms with Gasteiger partial charge in [-0.15, -0.1) is 0 Å². The Kier molecular flexibility index (Phi) is 5.79. The molecule has 1 unspecified atom stereocenters. The van der Waals surface area contributed by atoms with Crippen molar-refractivity contribution in [2.75, 3.05) is 19.8 Å². The minimum atomic E-state index is -0.455. The predicted octanol–water partition coefficient (Wildman–Crippen LogP) is 2.25. The lowest BCUT2D eigenvalue weighted by Gasteiger charge is -2.35. The Morgan fingerprint density at radius 3 is 2.81 bits per heavy atom. The molecule has 21 heavy (non-hydrogen) atoms. The van der Waals surface area contributed by atoms with Crippen molar-refractivity contribution in [2.24, 2.45) is 11.1 Å². The summed E-state index contributed by atoms with van der Waals surface area (Å²) in [5.41, 5.74) is 6.61. The third kappa shape index (κ3) is 4.28. The summed E-state index contributed by atoms with van der Waals surface area (Å²) in [6.45, 7) is 3.64. The number of rotatable bonds is 5. The number of ether oxygens (including phenoxy) is 1. The van der Waals surface area contributed by atoms with Crippen LogP contribution in [0.15, 0.2) is 28.7 Å². The molecule has 0 saturated carbocycles. The van der Waals surface area contributed by atoms with E-state index in [1.165, 1.54) is 5.56 Å². The molecule has 1 aliphatic heterocycles. The van der Waals surface area contributed by atoms with Gasteiger partial charge in [0.25, 0.3) is 0 Å². The lowest BCUT2D eigenvalue weighted by atomic mass is 9.79. The van der Waals surface area contributed by atoms with Crippen molar-refractivity contribution in [1.82, 2.24) is 5.32 Å². The van der Waals surface area contributed by atoms with E-state index in [0.29, 0.717) is 32.6 Å². The summed E-state index contributed by atoms with van der Waals surface area (Å²) in [5, 5.41) is 3.12. The predicted molar refractivity (Wildman–Crippen MR) is 87.0 cm³/mol. The molecule has 1 fully saturated rings. The fourth-order valence-corrected chi connectivity index (χ4v) is 3.18. The van der Waals surface area contributed by atoms with Crippen molar-refractivity contribution in [3.63, 3.8) is 0 Å². The molecule has 0 spiro atoms. The van der Waals surface area contributed by atoms with Crippen molar-refractivity contribution in [3.05, 3.63) is 34.3 Å². The van der Waals surface area contributed by atoms with E-state index in [-0.39, 0.29) is 11.9 Å². The highest BCUT2D eigenvalue weighted by molar-refractivity contribution is 9.10. The average molecular weight is 355 g/mol. The van der Waals surface area contributed by atoms with E-state index in [0.717, 1.165) is 10.9 Å². The number of carbonyl (C=O) groups is 1. The maximum Gasteiger partial charge on any atom is 0.227 e. The van der Waals surface area contributed by atoms with Gasteiger partial charge in [0.1, 0.15) is 0 Å². The van der Waals surface area contributed by atoms with Crippen LogP contribution >= 0.6 is 15.9 Å². The molecule has 1 aromatic rings. The molecule has 0 bridgehead atoms. The second kappa shape index (κ2) is 7.38. The van der Waals surface area contributed by atoms with Gasteiger partial charge in [-0.25, -0.2) is 0 Å². The minimum absolute atomic E-state index is 0.0656. The standard InChI is InChI=1S/C16H23BrN2O2/c1-12(9-13-3-2-4-14(17)10-13)19-15(20)16(11-18)5-7-21-8-6-16/h2-4,10,12H,5-9,11,18H2,1H3,(H,19,20). The van der Waals surface area contributed by atoms with Crippen LogP contribution in [0.1, 0.15) is 25.3 Å². The van der Waals surface area contributed by atoms with Gasteiger partial charge < -0.3 is 15.8 Å². The topological polar surface area (TPSA) is 64.4 Å². The van der Waals surface area contributed by atoms with Crippen molar-refractivity contribution < 1.29 is 9.53 Å². The van der Waals surface area contributed by atoms with Crippen LogP contribution in [0.3, 0.4) is 0 Å². The SMILES string of the molecule is CC(Cc1cccc(Br)c1)NC(=O)C1(CN)CCOCC1. The first-order chi connectivity index (χ1) is 10.1. The fraction of sp³-hybridized carbons (Fsp3) is 0.562. The lowest BCUT2D eigenvalue weighted by Crippen LogP contribution is -2.51. The van der Waals surface area contributed by atoms with Gasteiger partial charge in [0.2, 0.25) is 5.91 Å². The molecule has 1 heterocycles. The maximum absolute atomic E-state index is 12.6. The molecule has 0 radical (unpaired) electrons. The average Bonchev–Trinajstić information content (AvgIpc) is 2.47. The molecule has 1 atom stereocenters. The smallest absolute Gasteiger partial charge is 0.227 e. The number of benzene rings is 1. The van der Waals surface area contributed by atoms with E-state index in [1.807, 2.05) is 19.1 Å². The zero-order chi connectivity index (χ0) is 15.3. The van der Waals surface area contributed by atoms with Crippen LogP contribution in [-0.2, 0) is 16.0 Å². The molecule has 3 N–H and O–H groups in total. The molecule has 116 valence electrons. The van der Waals surface area contributed by atoms with Gasteiger partial charge in [-0.3, -0.25) is 4.79 Å². The van der Waals surface area contributed by atoms with Gasteiger partial charge in [-0.2, -0.15) is 0 Å². The highest BCUT2D eigenvalue weighted by Gasteiger charge is 2.39. The first kappa shape index (κ1) is 16.5. The van der Waals surface area contributed by atoms with E-state index in [2.05, 4.69) is 33.4 Å². The number of nitrogens with one attached hydrogen (secondary N) is 1. The molecule has 1 amide bonds. The Bertz CT molecular complexity index is 487. The molecule has 5 heteroatoms. The zero-order valence-corrected chi connectivity index (χ0v) is 14.0. The van der Waals surface area contributed by atoms with Crippen LogP contribution in [0, 0.1) is 5.41 Å². The van der Waals surface area contributed by atoms with Gasteiger partial charge in [-0.05, 0) is 43.9 Å². The maximum atomic E-state index is 12.6. The van der Waals surface area contributed by atoms with Gasteiger partial charge in [-0.1, -0.05) is 28.1 Å². The minimum Gasteiger partial charge on any atom is -0.381 e. The van der Waals surface area contributed by atoms with Crippen molar-refractivity contribution in [2.45, 2.75) is 32.2 Å². The van der Waals surface area contributed by atoms with Gasteiger partial charge in [0, 0.05) is 30.3 Å². The highest BCUT2D eigenvalue weighted by Crippen LogP contribution is 2.29. The van der Waals surface area contributed by atoms with E-state index in [9.17, 15) is 4.79 Å². The Morgan fingerprint density at radius 1 is 1.48 bits per heavy atom. The molecule has 1 aromatic carbocycles. The van der Waals surface area contributed by atoms with E-state index in [1.54, 1.807) is 0 Å². The third-order valence-electron chi connectivity index (χ3n) is 4.13. The largest absolute Gasteiger partial charge is 0.381 e. The Morgan fingerprint density at radius 2 is 2.19 bits per heavy atom. The van der Waals surface area contributed by atoms with Crippen LogP contribution in [0.5, 0.6) is 0 Å². The lowest BCUT2D eigenvalue weighted by molar-refractivity contribution is -0.136. The monoisotopic (exact) mass is 354 g/mol. The van der Waals surface area contributed by atoms with Crippen molar-refractivity contribution in [1.29, 1.82) is 0 Å². The molecule has 1 saturated heterocycles. The highest BCUT2D eigenvalue weighted by atomic mass is 79.9. The van der Waals surface area contributed by atoms with E-state index >= 15 is 0 Å². The quantitative estimate of drug-likeness (QED) is 0.852. The molecule has 4 nitrogen and oxygen atoms in total. The molecular weight excluding hydrogens is 332 g/mol. The summed E-state index contributed by atoms with van der Waals surface area (Å²) in [5.74, 6) is 0.0656. The van der Waals surface area contributed by atoms with Crippen molar-refractivity contribution >= 4 is 21.8 Å². The van der Waals surface area contributed by atoms with Gasteiger partial charge in [0.05, 0.1) is 5.41 Å². The Hall–Kier alpha value is -0.910. The summed E-state index contributed by atoms with van der Waals surface area (Å²) in [7, 11) is 0. The summed E-state index contributed by atoms with van der Waals surface area (Å²) in [6, 6.07) is 8.24. The third-order valence-corrected chi connectivity index (χ3v) is 4.62. The summed E-state index contributed by atoms with van der Waals surface area (Å²) in [6.07, 6.45) is 2.22. The van der Waals surface area contributed by atoms with Crippen LogP contribution in [0.4, 0.5) is 0 Å². The number of hydrogen-bond acceptors (Lipinski definition) is 3. The molecule has 1 aliphatic rings. The van der Waals surface area contributed by atoms with Crippen LogP contribution in [0.25, 0.3) is 0 Å². The van der Waals surface area contributed by atoms with Crippen LogP contribution < -0.4 is 11.1 Å². The van der Waals surface area contributed by atoms with Crippen LogP contribution in [0.2, 0.25) is 0 Å². The summed E-state index contributed by atoms with van der Waals surface area (Å²) >= 11 is 3.47. The van der Waals surface area contributed by atoms with E-state index in [4.69, 9.17) is 10.5 Å². The zero-order valence-electron chi connectivity index (χ0n) is 12.4. The molecule has 0 aromatic heterocycles. The number of amides is 1. The van der Waals surface area contributed by atoms with Gasteiger partial charge >= 0.3 is 0 Å².